The minimum Gasteiger partial charge on any atom is -0.497 e. The number of pyridine rings is 1. The molecule has 0 atom stereocenters. The first kappa shape index (κ1) is 13.7. The summed E-state index contributed by atoms with van der Waals surface area (Å²) in [5, 5.41) is 10.1. The van der Waals surface area contributed by atoms with E-state index < -0.39 is 0 Å². The van der Waals surface area contributed by atoms with Crippen LogP contribution in [0.15, 0.2) is 24.3 Å². The van der Waals surface area contributed by atoms with E-state index in [9.17, 15) is 0 Å². The van der Waals surface area contributed by atoms with Crippen molar-refractivity contribution in [2.24, 2.45) is 0 Å². The van der Waals surface area contributed by atoms with Crippen LogP contribution in [0.4, 0.5) is 5.82 Å². The Bertz CT molecular complexity index is 688. The van der Waals surface area contributed by atoms with Crippen molar-refractivity contribution in [2.75, 3.05) is 38.3 Å². The van der Waals surface area contributed by atoms with Gasteiger partial charge in [-0.15, -0.1) is 0 Å². The first-order valence-corrected chi connectivity index (χ1v) is 6.99. The van der Waals surface area contributed by atoms with Crippen LogP contribution in [0.1, 0.15) is 5.56 Å². The van der Waals surface area contributed by atoms with Gasteiger partial charge >= 0.3 is 0 Å². The molecule has 0 spiro atoms. The number of anilines is 1. The van der Waals surface area contributed by atoms with Crippen LogP contribution in [0.5, 0.6) is 5.75 Å². The van der Waals surface area contributed by atoms with Crippen molar-refractivity contribution in [1.82, 2.24) is 4.98 Å². The van der Waals surface area contributed by atoms with Crippen LogP contribution in [0.2, 0.25) is 0 Å². The number of aromatic nitrogens is 1. The van der Waals surface area contributed by atoms with Crippen molar-refractivity contribution in [2.45, 2.75) is 6.42 Å². The Morgan fingerprint density at radius 3 is 2.86 bits per heavy atom. The van der Waals surface area contributed by atoms with Crippen molar-refractivity contribution in [1.29, 1.82) is 5.26 Å². The van der Waals surface area contributed by atoms with Gasteiger partial charge in [0, 0.05) is 24.0 Å². The Morgan fingerprint density at radius 2 is 2.14 bits per heavy atom. The van der Waals surface area contributed by atoms with Gasteiger partial charge in [0.15, 0.2) is 0 Å². The lowest BCUT2D eigenvalue weighted by atomic mass is 10.1. The van der Waals surface area contributed by atoms with Gasteiger partial charge in [-0.05, 0) is 24.3 Å². The Kier molecular flexibility index (Phi) is 3.89. The second kappa shape index (κ2) is 5.98. The summed E-state index contributed by atoms with van der Waals surface area (Å²) in [6.07, 6.45) is 0.354. The molecule has 0 unspecified atom stereocenters. The molecule has 108 valence electrons. The van der Waals surface area contributed by atoms with E-state index in [-0.39, 0.29) is 0 Å². The predicted molar refractivity (Wildman–Crippen MR) is 80.6 cm³/mol. The molecule has 0 aliphatic carbocycles. The third-order valence-electron chi connectivity index (χ3n) is 3.66. The highest BCUT2D eigenvalue weighted by Crippen LogP contribution is 2.27. The zero-order chi connectivity index (χ0) is 14.7. The Morgan fingerprint density at radius 1 is 1.33 bits per heavy atom. The van der Waals surface area contributed by atoms with Gasteiger partial charge in [-0.3, -0.25) is 0 Å². The number of hydrogen-bond acceptors (Lipinski definition) is 5. The van der Waals surface area contributed by atoms with Crippen LogP contribution < -0.4 is 9.64 Å². The number of rotatable bonds is 3. The molecule has 0 radical (unpaired) electrons. The Labute approximate surface area is 123 Å². The van der Waals surface area contributed by atoms with Crippen LogP contribution in [-0.4, -0.2) is 38.4 Å². The molecule has 2 aromatic rings. The maximum absolute atomic E-state index is 9.07. The maximum Gasteiger partial charge on any atom is 0.133 e. The average Bonchev–Trinajstić information content (AvgIpc) is 2.55. The SMILES string of the molecule is COc1ccc2nc(N3CCOCC3)c(CC#N)cc2c1. The third-order valence-corrected chi connectivity index (χ3v) is 3.66. The highest BCUT2D eigenvalue weighted by molar-refractivity contribution is 5.83. The highest BCUT2D eigenvalue weighted by atomic mass is 16.5. The van der Waals surface area contributed by atoms with Gasteiger partial charge < -0.3 is 14.4 Å². The lowest BCUT2D eigenvalue weighted by molar-refractivity contribution is 0.122. The minimum atomic E-state index is 0.354. The number of hydrogen-bond donors (Lipinski definition) is 0. The molecule has 0 N–H and O–H groups in total. The number of morpholine rings is 1. The standard InChI is InChI=1S/C16H17N3O2/c1-20-14-2-3-15-13(11-14)10-12(4-5-17)16(18-15)19-6-8-21-9-7-19/h2-3,10-11H,4,6-9H2,1H3. The molecule has 2 heterocycles. The molecule has 5 nitrogen and oxygen atoms in total. The van der Waals surface area contributed by atoms with Crippen LogP contribution in [0, 0.1) is 11.3 Å². The Balaban J connectivity index is 2.08. The molecule has 3 rings (SSSR count). The molecule has 1 aromatic heterocycles. The summed E-state index contributed by atoms with van der Waals surface area (Å²) in [6.45, 7) is 3.03. The summed E-state index contributed by atoms with van der Waals surface area (Å²) in [7, 11) is 1.65. The smallest absolute Gasteiger partial charge is 0.133 e. The largest absolute Gasteiger partial charge is 0.497 e. The van der Waals surface area contributed by atoms with E-state index in [0.29, 0.717) is 19.6 Å². The van der Waals surface area contributed by atoms with Crippen molar-refractivity contribution >= 4 is 16.7 Å². The molecule has 1 aliphatic heterocycles. The lowest BCUT2D eigenvalue weighted by Gasteiger charge is -2.29. The molecule has 21 heavy (non-hydrogen) atoms. The van der Waals surface area contributed by atoms with Gasteiger partial charge in [0.1, 0.15) is 11.6 Å². The zero-order valence-corrected chi connectivity index (χ0v) is 12.0. The molecule has 0 amide bonds. The number of nitrogens with zero attached hydrogens (tertiary/aromatic N) is 3. The summed E-state index contributed by atoms with van der Waals surface area (Å²) >= 11 is 0. The van der Waals surface area contributed by atoms with Gasteiger partial charge in [-0.1, -0.05) is 0 Å². The molecule has 1 fully saturated rings. The molecule has 0 bridgehead atoms. The minimum absolute atomic E-state index is 0.354. The summed E-state index contributed by atoms with van der Waals surface area (Å²) in [5.41, 5.74) is 1.87. The van der Waals surface area contributed by atoms with E-state index in [4.69, 9.17) is 19.7 Å². The van der Waals surface area contributed by atoms with Crippen molar-refractivity contribution in [3.63, 3.8) is 0 Å². The van der Waals surface area contributed by atoms with Crippen LogP contribution in [-0.2, 0) is 11.2 Å². The highest BCUT2D eigenvalue weighted by Gasteiger charge is 2.17. The van der Waals surface area contributed by atoms with Gasteiger partial charge in [0.2, 0.25) is 0 Å². The molecular formula is C16H17N3O2. The van der Waals surface area contributed by atoms with Gasteiger partial charge in [-0.2, -0.15) is 5.26 Å². The average molecular weight is 283 g/mol. The number of nitriles is 1. The van der Waals surface area contributed by atoms with E-state index in [1.54, 1.807) is 7.11 Å². The van der Waals surface area contributed by atoms with Crippen molar-refractivity contribution in [3.05, 3.63) is 29.8 Å². The quantitative estimate of drug-likeness (QED) is 0.863. The molecular weight excluding hydrogens is 266 g/mol. The van der Waals surface area contributed by atoms with E-state index in [1.807, 2.05) is 24.3 Å². The number of methoxy groups -OCH3 is 1. The van der Waals surface area contributed by atoms with Crippen LogP contribution in [0.3, 0.4) is 0 Å². The lowest BCUT2D eigenvalue weighted by Crippen LogP contribution is -2.37. The fourth-order valence-electron chi connectivity index (χ4n) is 2.58. The number of ether oxygens (including phenoxy) is 2. The van der Waals surface area contributed by atoms with Gasteiger partial charge in [-0.25, -0.2) is 4.98 Å². The summed E-state index contributed by atoms with van der Waals surface area (Å²) < 4.78 is 10.6. The molecule has 1 aromatic carbocycles. The topological polar surface area (TPSA) is 58.4 Å². The third kappa shape index (κ3) is 2.76. The number of fused-ring (bicyclic) bond motifs is 1. The van der Waals surface area contributed by atoms with Crippen molar-refractivity contribution < 1.29 is 9.47 Å². The van der Waals surface area contributed by atoms with Gasteiger partial charge in [0.25, 0.3) is 0 Å². The fourth-order valence-corrected chi connectivity index (χ4v) is 2.58. The fraction of sp³-hybridized carbons (Fsp3) is 0.375. The summed E-state index contributed by atoms with van der Waals surface area (Å²) in [5.74, 6) is 1.70. The molecule has 1 saturated heterocycles. The predicted octanol–water partition coefficient (Wildman–Crippen LogP) is 2.15. The van der Waals surface area contributed by atoms with E-state index in [0.717, 1.165) is 41.1 Å². The summed E-state index contributed by atoms with van der Waals surface area (Å²) in [4.78, 5) is 6.95. The second-order valence-corrected chi connectivity index (χ2v) is 4.96. The zero-order valence-electron chi connectivity index (χ0n) is 12.0. The normalized spacial score (nSPS) is 15.0. The molecule has 0 saturated carbocycles. The maximum atomic E-state index is 9.07. The van der Waals surface area contributed by atoms with E-state index in [2.05, 4.69) is 11.0 Å². The van der Waals surface area contributed by atoms with Crippen LogP contribution in [0.25, 0.3) is 10.9 Å². The Hall–Kier alpha value is -2.32. The van der Waals surface area contributed by atoms with E-state index in [1.165, 1.54) is 0 Å². The summed E-state index contributed by atoms with van der Waals surface area (Å²) in [6, 6.07) is 10.1. The van der Waals surface area contributed by atoms with Crippen LogP contribution >= 0.6 is 0 Å². The number of benzene rings is 1. The van der Waals surface area contributed by atoms with Crippen molar-refractivity contribution in [3.8, 4) is 11.8 Å². The monoisotopic (exact) mass is 283 g/mol. The van der Waals surface area contributed by atoms with E-state index >= 15 is 0 Å². The molecule has 1 aliphatic rings. The molecule has 5 heteroatoms. The second-order valence-electron chi connectivity index (χ2n) is 4.96. The first-order valence-electron chi connectivity index (χ1n) is 6.99. The first-order chi connectivity index (χ1) is 10.3. The van der Waals surface area contributed by atoms with Gasteiger partial charge in [0.05, 0.1) is 38.3 Å².